The lowest BCUT2D eigenvalue weighted by Gasteiger charge is -2.01. The number of nitrogens with zero attached hydrogens (tertiary/aromatic N) is 2. The van der Waals surface area contributed by atoms with E-state index in [1.807, 2.05) is 0 Å². The van der Waals surface area contributed by atoms with Gasteiger partial charge in [0.2, 0.25) is 0 Å². The number of amides is 1. The summed E-state index contributed by atoms with van der Waals surface area (Å²) in [7, 11) is 0. The van der Waals surface area contributed by atoms with Crippen LogP contribution in [0.5, 0.6) is 0 Å². The van der Waals surface area contributed by atoms with E-state index in [2.05, 4.69) is 10.5 Å². The summed E-state index contributed by atoms with van der Waals surface area (Å²) < 4.78 is 18.7. The molecule has 0 saturated carbocycles. The highest BCUT2D eigenvalue weighted by Gasteiger charge is 2.19. The van der Waals surface area contributed by atoms with E-state index >= 15 is 0 Å². The number of hydrazone groups is 1. The van der Waals surface area contributed by atoms with Crippen LogP contribution in [0.15, 0.2) is 64.1 Å². The van der Waals surface area contributed by atoms with Gasteiger partial charge in [-0.15, -0.1) is 0 Å². The molecule has 1 N–H and O–H groups in total. The smallest absolute Gasteiger partial charge is 0.283 e. The molecular formula is C18H11ClFN3O4. The first kappa shape index (κ1) is 18.3. The molecule has 1 amide bonds. The fraction of sp³-hybridized carbons (Fsp3) is 0. The summed E-state index contributed by atoms with van der Waals surface area (Å²) in [5.74, 6) is -0.817. The predicted octanol–water partition coefficient (Wildman–Crippen LogP) is 4.41. The van der Waals surface area contributed by atoms with Gasteiger partial charge in [-0.1, -0.05) is 23.7 Å². The molecule has 136 valence electrons. The molecule has 0 radical (unpaired) electrons. The van der Waals surface area contributed by atoms with Crippen LogP contribution in [0.1, 0.15) is 16.1 Å². The summed E-state index contributed by atoms with van der Waals surface area (Å²) >= 11 is 5.92. The van der Waals surface area contributed by atoms with E-state index in [4.69, 9.17) is 16.0 Å². The molecule has 0 bridgehead atoms. The Hall–Kier alpha value is -3.52. The van der Waals surface area contributed by atoms with Crippen LogP contribution in [-0.2, 0) is 0 Å². The van der Waals surface area contributed by atoms with Gasteiger partial charge in [0.15, 0.2) is 0 Å². The zero-order valence-electron chi connectivity index (χ0n) is 13.6. The molecule has 0 aliphatic heterocycles. The monoisotopic (exact) mass is 387 g/mol. The summed E-state index contributed by atoms with van der Waals surface area (Å²) in [6.07, 6.45) is 1.23. The Kier molecular flexibility index (Phi) is 5.28. The van der Waals surface area contributed by atoms with Gasteiger partial charge in [-0.2, -0.15) is 5.10 Å². The molecule has 7 nitrogen and oxygen atoms in total. The number of carbonyl (C=O) groups excluding carboxylic acids is 1. The number of furan rings is 1. The van der Waals surface area contributed by atoms with Crippen molar-refractivity contribution in [3.8, 4) is 11.3 Å². The number of nitro groups is 1. The number of hydrogen-bond donors (Lipinski definition) is 1. The largest absolute Gasteiger partial charge is 0.455 e. The highest BCUT2D eigenvalue weighted by atomic mass is 35.5. The lowest BCUT2D eigenvalue weighted by molar-refractivity contribution is -0.384. The fourth-order valence-electron chi connectivity index (χ4n) is 2.29. The Morgan fingerprint density at radius 3 is 2.74 bits per heavy atom. The normalized spacial score (nSPS) is 10.9. The van der Waals surface area contributed by atoms with Crippen molar-refractivity contribution < 1.29 is 18.5 Å². The zero-order valence-corrected chi connectivity index (χ0v) is 14.3. The maximum Gasteiger partial charge on any atom is 0.283 e. The third-order valence-electron chi connectivity index (χ3n) is 3.53. The number of carbonyl (C=O) groups is 1. The van der Waals surface area contributed by atoms with Gasteiger partial charge >= 0.3 is 0 Å². The van der Waals surface area contributed by atoms with Crippen LogP contribution >= 0.6 is 11.6 Å². The van der Waals surface area contributed by atoms with Crippen molar-refractivity contribution in [2.24, 2.45) is 5.10 Å². The average Bonchev–Trinajstić information content (AvgIpc) is 3.10. The minimum Gasteiger partial charge on any atom is -0.455 e. The first-order chi connectivity index (χ1) is 13.0. The van der Waals surface area contributed by atoms with Crippen molar-refractivity contribution in [1.29, 1.82) is 0 Å². The van der Waals surface area contributed by atoms with Gasteiger partial charge < -0.3 is 4.42 Å². The van der Waals surface area contributed by atoms with Gasteiger partial charge in [0.05, 0.1) is 33.4 Å². The van der Waals surface area contributed by atoms with Crippen molar-refractivity contribution in [3.63, 3.8) is 0 Å². The second kappa shape index (κ2) is 7.79. The van der Waals surface area contributed by atoms with Crippen LogP contribution in [0.4, 0.5) is 10.1 Å². The summed E-state index contributed by atoms with van der Waals surface area (Å²) in [5.41, 5.74) is 2.27. The molecular weight excluding hydrogens is 377 g/mol. The first-order valence-electron chi connectivity index (χ1n) is 7.58. The van der Waals surface area contributed by atoms with Crippen molar-refractivity contribution in [2.75, 3.05) is 0 Å². The molecule has 0 unspecified atom stereocenters. The average molecular weight is 388 g/mol. The molecule has 0 fully saturated rings. The topological polar surface area (TPSA) is 97.7 Å². The molecule has 0 saturated heterocycles. The minimum atomic E-state index is -0.721. The molecule has 9 heteroatoms. The molecule has 1 aromatic heterocycles. The predicted molar refractivity (Wildman–Crippen MR) is 97.3 cm³/mol. The van der Waals surface area contributed by atoms with E-state index in [9.17, 15) is 19.3 Å². The van der Waals surface area contributed by atoms with Crippen molar-refractivity contribution >= 4 is 29.4 Å². The van der Waals surface area contributed by atoms with E-state index in [0.717, 1.165) is 12.1 Å². The minimum absolute atomic E-state index is 0.126. The standard InChI is InChI=1S/C18H11ClFN3O4/c19-15-4-2-1-3-13(15)18(24)22-21-10-12-6-8-17(27-12)14-7-5-11(20)9-16(14)23(25)26/h1-10H,(H,22,24)/b21-10-. The SMILES string of the molecule is O=C(N/N=C\c1ccc(-c2ccc(F)cc2[N+](=O)[O-])o1)c1ccccc1Cl. The Morgan fingerprint density at radius 2 is 2.00 bits per heavy atom. The zero-order chi connectivity index (χ0) is 19.4. The van der Waals surface area contributed by atoms with Gasteiger partial charge in [0.1, 0.15) is 17.3 Å². The first-order valence-corrected chi connectivity index (χ1v) is 7.95. The highest BCUT2D eigenvalue weighted by molar-refractivity contribution is 6.33. The Labute approximate surface area is 157 Å². The highest BCUT2D eigenvalue weighted by Crippen LogP contribution is 2.31. The Balaban J connectivity index is 1.75. The maximum atomic E-state index is 13.2. The fourth-order valence-corrected chi connectivity index (χ4v) is 2.51. The van der Waals surface area contributed by atoms with E-state index in [-0.39, 0.29) is 27.7 Å². The lowest BCUT2D eigenvalue weighted by atomic mass is 10.1. The molecule has 2 aromatic carbocycles. The van der Waals surface area contributed by atoms with Gasteiger partial charge in [0, 0.05) is 0 Å². The third kappa shape index (κ3) is 4.18. The van der Waals surface area contributed by atoms with Gasteiger partial charge in [-0.25, -0.2) is 9.82 Å². The van der Waals surface area contributed by atoms with Gasteiger partial charge in [-0.3, -0.25) is 14.9 Å². The molecule has 0 aliphatic rings. The second-order valence-electron chi connectivity index (χ2n) is 5.30. The molecule has 0 aliphatic carbocycles. The molecule has 0 spiro atoms. The van der Waals surface area contributed by atoms with E-state index in [0.29, 0.717) is 0 Å². The number of nitro benzene ring substituents is 1. The van der Waals surface area contributed by atoms with Crippen LogP contribution in [-0.4, -0.2) is 17.0 Å². The Bertz CT molecular complexity index is 1050. The third-order valence-corrected chi connectivity index (χ3v) is 3.85. The van der Waals surface area contributed by atoms with Crippen molar-refractivity contribution in [1.82, 2.24) is 5.43 Å². The summed E-state index contributed by atoms with van der Waals surface area (Å²) in [4.78, 5) is 22.4. The van der Waals surface area contributed by atoms with E-state index in [1.54, 1.807) is 24.3 Å². The maximum absolute atomic E-state index is 13.2. The summed E-state index contributed by atoms with van der Waals surface area (Å²) in [6.45, 7) is 0. The quantitative estimate of drug-likeness (QED) is 0.398. The van der Waals surface area contributed by atoms with Crippen LogP contribution in [0, 0.1) is 15.9 Å². The van der Waals surface area contributed by atoms with E-state index < -0.39 is 22.3 Å². The summed E-state index contributed by atoms with van der Waals surface area (Å²) in [5, 5.41) is 15.1. The number of benzene rings is 2. The van der Waals surface area contributed by atoms with Crippen LogP contribution in [0.3, 0.4) is 0 Å². The van der Waals surface area contributed by atoms with Crippen LogP contribution < -0.4 is 5.43 Å². The van der Waals surface area contributed by atoms with Gasteiger partial charge in [0.25, 0.3) is 11.6 Å². The molecule has 3 rings (SSSR count). The summed E-state index contributed by atoms with van der Waals surface area (Å²) in [6, 6.07) is 12.6. The van der Waals surface area contributed by atoms with Crippen LogP contribution in [0.25, 0.3) is 11.3 Å². The van der Waals surface area contributed by atoms with Crippen molar-refractivity contribution in [3.05, 3.63) is 86.9 Å². The van der Waals surface area contributed by atoms with Crippen molar-refractivity contribution in [2.45, 2.75) is 0 Å². The lowest BCUT2D eigenvalue weighted by Crippen LogP contribution is -2.17. The number of rotatable bonds is 5. The molecule has 3 aromatic rings. The number of halogens is 2. The Morgan fingerprint density at radius 1 is 1.22 bits per heavy atom. The molecule has 1 heterocycles. The van der Waals surface area contributed by atoms with Crippen LogP contribution in [0.2, 0.25) is 5.02 Å². The van der Waals surface area contributed by atoms with Gasteiger partial charge in [-0.05, 0) is 36.4 Å². The number of hydrogen-bond acceptors (Lipinski definition) is 5. The number of nitrogens with one attached hydrogen (secondary N) is 1. The second-order valence-corrected chi connectivity index (χ2v) is 5.71. The molecule has 27 heavy (non-hydrogen) atoms. The molecule has 0 atom stereocenters. The van der Waals surface area contributed by atoms with E-state index in [1.165, 1.54) is 24.4 Å².